The van der Waals surface area contributed by atoms with E-state index in [9.17, 15) is 19.5 Å². The van der Waals surface area contributed by atoms with Crippen LogP contribution in [0.2, 0.25) is 10.0 Å². The lowest BCUT2D eigenvalue weighted by molar-refractivity contribution is -0.139. The molecule has 2 saturated heterocycles. The average Bonchev–Trinajstić information content (AvgIpc) is 3.62. The van der Waals surface area contributed by atoms with Gasteiger partial charge in [0.05, 0.1) is 60.9 Å². The van der Waals surface area contributed by atoms with Gasteiger partial charge >= 0.3 is 0 Å². The number of phenolic OH excluding ortho intramolecular Hbond substituents is 1. The molecule has 0 radical (unpaired) electrons. The van der Waals surface area contributed by atoms with Crippen LogP contribution in [0.3, 0.4) is 0 Å². The van der Waals surface area contributed by atoms with Crippen molar-refractivity contribution in [3.05, 3.63) is 130 Å². The number of halogens is 2. The quantitative estimate of drug-likeness (QED) is 0.120. The van der Waals surface area contributed by atoms with Gasteiger partial charge in [-0.3, -0.25) is 29.5 Å². The van der Waals surface area contributed by atoms with Crippen molar-refractivity contribution in [3.63, 3.8) is 0 Å². The van der Waals surface area contributed by atoms with E-state index in [1.54, 1.807) is 92.1 Å². The van der Waals surface area contributed by atoms with Crippen molar-refractivity contribution < 1.29 is 38.5 Å². The van der Waals surface area contributed by atoms with Crippen LogP contribution >= 0.6 is 23.2 Å². The third-order valence-electron chi connectivity index (χ3n) is 12.0. The van der Waals surface area contributed by atoms with Gasteiger partial charge in [0, 0.05) is 10.9 Å². The van der Waals surface area contributed by atoms with Gasteiger partial charge in [-0.25, -0.2) is 0 Å². The Bertz CT molecular complexity index is 2410. The second kappa shape index (κ2) is 15.0. The molecule has 2 N–H and O–H groups in total. The molecule has 2 heterocycles. The van der Waals surface area contributed by atoms with E-state index < -0.39 is 46.8 Å². The number of allylic oxidation sites excluding steroid dienone is 3. The Balaban J connectivity index is 1.31. The van der Waals surface area contributed by atoms with Crippen LogP contribution in [0.5, 0.6) is 23.0 Å². The van der Waals surface area contributed by atoms with E-state index in [1.807, 2.05) is 12.2 Å². The maximum atomic E-state index is 15.5. The molecule has 6 atom stereocenters. The van der Waals surface area contributed by atoms with Gasteiger partial charge in [0.2, 0.25) is 17.6 Å². The number of amides is 4. The van der Waals surface area contributed by atoms with Gasteiger partial charge in [0.25, 0.3) is 11.8 Å². The highest BCUT2D eigenvalue weighted by Crippen LogP contribution is 2.62. The molecule has 1 saturated carbocycles. The molecule has 0 bridgehead atoms. The zero-order valence-electron chi connectivity index (χ0n) is 31.8. The Morgan fingerprint density at radius 3 is 2.14 bits per heavy atom. The first-order valence-corrected chi connectivity index (χ1v) is 19.4. The maximum Gasteiger partial charge on any atom is 0.260 e. The van der Waals surface area contributed by atoms with Crippen LogP contribution in [-0.4, -0.2) is 55.1 Å². The first kappa shape index (κ1) is 38.8. The molecule has 2 aliphatic heterocycles. The van der Waals surface area contributed by atoms with Gasteiger partial charge in [-0.1, -0.05) is 83.9 Å². The molecule has 0 unspecified atom stereocenters. The van der Waals surface area contributed by atoms with Crippen LogP contribution in [0.4, 0.5) is 11.4 Å². The summed E-state index contributed by atoms with van der Waals surface area (Å²) in [6.07, 6.45) is 7.65. The van der Waals surface area contributed by atoms with Gasteiger partial charge in [0.1, 0.15) is 5.75 Å². The molecule has 11 nitrogen and oxygen atoms in total. The molecule has 4 aliphatic rings. The summed E-state index contributed by atoms with van der Waals surface area (Å²) < 4.78 is 16.4. The molecule has 58 heavy (non-hydrogen) atoms. The summed E-state index contributed by atoms with van der Waals surface area (Å²) in [6, 6.07) is 22.1. The van der Waals surface area contributed by atoms with E-state index >= 15 is 4.79 Å². The van der Waals surface area contributed by atoms with Crippen LogP contribution in [0.15, 0.2) is 103 Å². The number of anilines is 2. The number of hydrazine groups is 1. The van der Waals surface area contributed by atoms with Gasteiger partial charge in [0.15, 0.2) is 11.5 Å². The summed E-state index contributed by atoms with van der Waals surface area (Å²) in [7, 11) is 4.39. The maximum absolute atomic E-state index is 15.5. The number of hydrogen-bond acceptors (Lipinski definition) is 9. The van der Waals surface area contributed by atoms with E-state index in [4.69, 9.17) is 37.4 Å². The SMILES string of the molecule is C=Cc1ccc(N2C(=O)[C@H]3[C@H](CC=C4[C@H]3C[C@H]3C(=O)N(Nc5ccc(Cl)cc5Cl)C(=O)[C@@]3(c3ccc(OC)cc3)[C@H]4C=Cc3cc(OC)c(O)c(OC)c3)C2=O)cc1. The summed E-state index contributed by atoms with van der Waals surface area (Å²) in [5, 5.41) is 12.3. The van der Waals surface area contributed by atoms with Gasteiger partial charge in [-0.2, -0.15) is 5.01 Å². The number of imide groups is 2. The second-order valence-electron chi connectivity index (χ2n) is 14.7. The summed E-state index contributed by atoms with van der Waals surface area (Å²) in [4.78, 5) is 60.5. The topological polar surface area (TPSA) is 135 Å². The molecule has 2 aliphatic carbocycles. The number of hydrogen-bond donors (Lipinski definition) is 2. The Labute approximate surface area is 345 Å². The minimum absolute atomic E-state index is 0.101. The number of nitrogens with zero attached hydrogens (tertiary/aromatic N) is 2. The molecule has 13 heteroatoms. The molecule has 296 valence electrons. The third-order valence-corrected chi connectivity index (χ3v) is 12.6. The van der Waals surface area contributed by atoms with Gasteiger partial charge in [-0.15, -0.1) is 0 Å². The first-order valence-electron chi connectivity index (χ1n) is 18.6. The normalized spacial score (nSPS) is 25.0. The lowest BCUT2D eigenvalue weighted by atomic mass is 9.50. The molecule has 3 fully saturated rings. The summed E-state index contributed by atoms with van der Waals surface area (Å²) in [5.74, 6) is -4.88. The molecule has 8 rings (SSSR count). The highest BCUT2D eigenvalue weighted by molar-refractivity contribution is 6.36. The predicted octanol–water partition coefficient (Wildman–Crippen LogP) is 8.10. The number of ether oxygens (including phenoxy) is 3. The fraction of sp³-hybridized carbons (Fsp3) is 0.244. The lowest BCUT2D eigenvalue weighted by Crippen LogP contribution is -2.54. The molecule has 0 spiro atoms. The number of benzene rings is 4. The fourth-order valence-corrected chi connectivity index (χ4v) is 9.77. The largest absolute Gasteiger partial charge is 0.502 e. The van der Waals surface area contributed by atoms with Crippen molar-refractivity contribution >= 4 is 70.4 Å². The minimum Gasteiger partial charge on any atom is -0.502 e. The van der Waals surface area contributed by atoms with E-state index in [1.165, 1.54) is 25.2 Å². The van der Waals surface area contributed by atoms with E-state index in [0.717, 1.165) is 16.1 Å². The Kier molecular flexibility index (Phi) is 10.1. The highest BCUT2D eigenvalue weighted by atomic mass is 35.5. The van der Waals surface area contributed by atoms with Crippen LogP contribution < -0.4 is 24.5 Å². The van der Waals surface area contributed by atoms with Crippen LogP contribution in [-0.2, 0) is 24.6 Å². The Hall–Kier alpha value is -6.04. The van der Waals surface area contributed by atoms with E-state index in [2.05, 4.69) is 12.0 Å². The highest BCUT2D eigenvalue weighted by Gasteiger charge is 2.69. The number of nitrogens with one attached hydrogen (secondary N) is 1. The number of rotatable bonds is 10. The molecule has 4 aromatic carbocycles. The van der Waals surface area contributed by atoms with Crippen molar-refractivity contribution in [2.75, 3.05) is 31.7 Å². The fourth-order valence-electron chi connectivity index (χ4n) is 9.32. The molecule has 0 aromatic heterocycles. The summed E-state index contributed by atoms with van der Waals surface area (Å²) in [6.45, 7) is 3.80. The third kappa shape index (κ3) is 6.03. The number of phenols is 1. The van der Waals surface area contributed by atoms with Crippen LogP contribution in [0, 0.1) is 29.6 Å². The molecular weight excluding hydrogens is 781 g/mol. The number of fused-ring (bicyclic) bond motifs is 4. The lowest BCUT2D eigenvalue weighted by Gasteiger charge is -2.49. The Morgan fingerprint density at radius 2 is 1.52 bits per heavy atom. The molecule has 4 amide bonds. The van der Waals surface area contributed by atoms with E-state index in [0.29, 0.717) is 27.6 Å². The summed E-state index contributed by atoms with van der Waals surface area (Å²) in [5.41, 5.74) is 4.93. The monoisotopic (exact) mass is 819 g/mol. The van der Waals surface area contributed by atoms with Crippen molar-refractivity contribution in [2.24, 2.45) is 29.6 Å². The first-order chi connectivity index (χ1) is 28.0. The number of carbonyl (C=O) groups excluding carboxylic acids is 4. The number of carbonyl (C=O) groups is 4. The van der Waals surface area contributed by atoms with Crippen LogP contribution in [0.1, 0.15) is 29.5 Å². The molecule has 4 aromatic rings. The minimum atomic E-state index is -1.54. The van der Waals surface area contributed by atoms with Crippen LogP contribution in [0.25, 0.3) is 12.2 Å². The number of methoxy groups -OCH3 is 3. The van der Waals surface area contributed by atoms with Crippen molar-refractivity contribution in [3.8, 4) is 23.0 Å². The van der Waals surface area contributed by atoms with Crippen molar-refractivity contribution in [2.45, 2.75) is 18.3 Å². The zero-order valence-corrected chi connectivity index (χ0v) is 33.3. The van der Waals surface area contributed by atoms with Gasteiger partial charge in [-0.05, 0) is 90.0 Å². The molecular formula is C45H39Cl2N3O8. The number of aromatic hydroxyl groups is 1. The Morgan fingerprint density at radius 1 is 0.828 bits per heavy atom. The van der Waals surface area contributed by atoms with Crippen molar-refractivity contribution in [1.82, 2.24) is 5.01 Å². The second-order valence-corrected chi connectivity index (χ2v) is 15.5. The summed E-state index contributed by atoms with van der Waals surface area (Å²) >= 11 is 12.8. The zero-order chi connectivity index (χ0) is 41.0. The average molecular weight is 821 g/mol. The smallest absolute Gasteiger partial charge is 0.260 e. The standard InChI is InChI=1S/C45H39Cl2N3O8/c1-5-24-6-12-28(13-7-24)49-41(52)31-17-16-30-32(39(31)43(49)54)23-34-42(53)50(48-36-19-11-27(46)22-35(36)47)44(55)45(34,26-9-14-29(56-2)15-10-26)33(30)18-8-25-20-37(57-3)40(51)38(21-25)58-4/h5-16,18-22,31-34,39,48,51H,1,17,23H2,2-4H3/t31-,32+,33-,34-,39-,45-/m0/s1. The van der Waals surface area contributed by atoms with Crippen molar-refractivity contribution in [1.29, 1.82) is 0 Å². The predicted molar refractivity (Wildman–Crippen MR) is 221 cm³/mol. The van der Waals surface area contributed by atoms with E-state index in [-0.39, 0.29) is 52.6 Å². The van der Waals surface area contributed by atoms with Gasteiger partial charge < -0.3 is 19.3 Å².